The molecule has 2 heterocycles. The molecular formula is C20H12N2O6S. The molecule has 0 bridgehead atoms. The number of carboxylic acids is 2. The summed E-state index contributed by atoms with van der Waals surface area (Å²) in [6.07, 6.45) is 0. The zero-order valence-electron chi connectivity index (χ0n) is 14.6. The maximum atomic E-state index is 13.0. The van der Waals surface area contributed by atoms with E-state index in [1.54, 1.807) is 0 Å². The van der Waals surface area contributed by atoms with Crippen LogP contribution < -0.4 is 0 Å². The lowest BCUT2D eigenvalue weighted by Gasteiger charge is -2.08. The number of benzene rings is 2. The molecule has 0 aliphatic heterocycles. The van der Waals surface area contributed by atoms with Crippen LogP contribution in [0.2, 0.25) is 0 Å². The number of carboxylic acid groups (broad SMARTS) is 2. The number of carbonyl (C=O) groups is 2. The Bertz CT molecular complexity index is 1330. The van der Waals surface area contributed by atoms with Gasteiger partial charge in [0.05, 0.1) is 20.8 Å². The van der Waals surface area contributed by atoms with Crippen LogP contribution in [0.1, 0.15) is 21.0 Å². The zero-order valence-corrected chi connectivity index (χ0v) is 15.4. The minimum Gasteiger partial charge on any atom is -0.477 e. The molecule has 0 fully saturated rings. The van der Waals surface area contributed by atoms with Gasteiger partial charge >= 0.3 is 11.9 Å². The number of nitrogens with zero attached hydrogens (tertiary/aromatic N) is 2. The highest BCUT2D eigenvalue weighted by atomic mass is 32.2. The second-order valence-electron chi connectivity index (χ2n) is 6.22. The third-order valence-corrected chi connectivity index (χ3v) is 6.13. The molecule has 0 unspecified atom stereocenters. The Morgan fingerprint density at radius 1 is 0.655 bits per heavy atom. The molecule has 0 atom stereocenters. The molecule has 0 saturated heterocycles. The highest BCUT2D eigenvalue weighted by Crippen LogP contribution is 2.26. The van der Waals surface area contributed by atoms with Gasteiger partial charge in [-0.2, -0.15) is 0 Å². The first kappa shape index (κ1) is 18.5. The summed E-state index contributed by atoms with van der Waals surface area (Å²) in [6.45, 7) is 0. The molecule has 29 heavy (non-hydrogen) atoms. The number of rotatable bonds is 4. The van der Waals surface area contributed by atoms with Crippen molar-refractivity contribution < 1.29 is 28.2 Å². The Morgan fingerprint density at radius 2 is 1.07 bits per heavy atom. The first-order chi connectivity index (χ1) is 13.8. The number of pyridine rings is 2. The average Bonchev–Trinajstić information content (AvgIpc) is 2.71. The van der Waals surface area contributed by atoms with Crippen LogP contribution >= 0.6 is 0 Å². The second kappa shape index (κ2) is 6.64. The summed E-state index contributed by atoms with van der Waals surface area (Å²) in [5, 5.41) is 19.0. The molecule has 2 N–H and O–H groups in total. The summed E-state index contributed by atoms with van der Waals surface area (Å²) in [6, 6.07) is 14.1. The highest BCUT2D eigenvalue weighted by Gasteiger charge is 2.19. The number of fused-ring (bicyclic) bond motifs is 2. The van der Waals surface area contributed by atoms with Crippen molar-refractivity contribution in [1.82, 2.24) is 9.97 Å². The van der Waals surface area contributed by atoms with Crippen LogP contribution in [0.5, 0.6) is 0 Å². The van der Waals surface area contributed by atoms with Crippen molar-refractivity contribution in [2.75, 3.05) is 0 Å². The second-order valence-corrected chi connectivity index (χ2v) is 8.17. The van der Waals surface area contributed by atoms with Crippen molar-refractivity contribution in [3.63, 3.8) is 0 Å². The molecule has 0 aliphatic carbocycles. The summed E-state index contributed by atoms with van der Waals surface area (Å²) in [5.41, 5.74) is 0.479. The maximum Gasteiger partial charge on any atom is 0.354 e. The molecular weight excluding hydrogens is 396 g/mol. The molecule has 0 aliphatic rings. The predicted molar refractivity (Wildman–Crippen MR) is 103 cm³/mol. The normalized spacial score (nSPS) is 11.6. The molecule has 2 aromatic carbocycles. The number of aromatic carboxylic acids is 2. The zero-order chi connectivity index (χ0) is 20.8. The Balaban J connectivity index is 1.79. The van der Waals surface area contributed by atoms with Gasteiger partial charge in [-0.15, -0.1) is 0 Å². The first-order valence-corrected chi connectivity index (χ1v) is 9.77. The summed E-state index contributed by atoms with van der Waals surface area (Å²) in [5.74, 6) is -2.33. The van der Waals surface area contributed by atoms with Gasteiger partial charge in [0, 0.05) is 10.8 Å². The lowest BCUT2D eigenvalue weighted by molar-refractivity contribution is 0.0680. The summed E-state index contributed by atoms with van der Waals surface area (Å²) >= 11 is 0. The summed E-state index contributed by atoms with van der Waals surface area (Å²) < 4.78 is 26.1. The maximum absolute atomic E-state index is 13.0. The Morgan fingerprint density at radius 3 is 1.45 bits per heavy atom. The Labute approximate surface area is 164 Å². The standard InChI is InChI=1S/C20H12N2O6S/c23-19(24)17-5-1-11-9-13(3-7-15(11)21-17)29(27,28)14-4-8-16-12(10-14)2-6-18(22-16)20(25)26/h1-10H,(H,23,24)(H,25,26). The van der Waals surface area contributed by atoms with Crippen LogP contribution in [-0.2, 0) is 9.84 Å². The molecule has 9 heteroatoms. The van der Waals surface area contributed by atoms with Crippen LogP contribution in [0.4, 0.5) is 0 Å². The minimum absolute atomic E-state index is 0.0318. The number of aromatic nitrogens is 2. The number of sulfone groups is 1. The fourth-order valence-electron chi connectivity index (χ4n) is 2.92. The van der Waals surface area contributed by atoms with Gasteiger partial charge in [-0.05, 0) is 48.5 Å². The van der Waals surface area contributed by atoms with Crippen molar-refractivity contribution in [2.45, 2.75) is 9.79 Å². The molecule has 0 saturated carbocycles. The van der Waals surface area contributed by atoms with E-state index in [-0.39, 0.29) is 21.2 Å². The van der Waals surface area contributed by atoms with Crippen molar-refractivity contribution in [3.8, 4) is 0 Å². The third-order valence-electron chi connectivity index (χ3n) is 4.38. The molecule has 4 rings (SSSR count). The first-order valence-electron chi connectivity index (χ1n) is 8.29. The van der Waals surface area contributed by atoms with E-state index in [0.717, 1.165) is 0 Å². The van der Waals surface area contributed by atoms with Crippen LogP contribution in [0, 0.1) is 0 Å². The monoisotopic (exact) mass is 408 g/mol. The third kappa shape index (κ3) is 3.27. The number of hydrogen-bond acceptors (Lipinski definition) is 6. The topological polar surface area (TPSA) is 135 Å². The van der Waals surface area contributed by atoms with Crippen molar-refractivity contribution in [2.24, 2.45) is 0 Å². The smallest absolute Gasteiger partial charge is 0.354 e. The van der Waals surface area contributed by atoms with E-state index in [1.807, 2.05) is 0 Å². The quantitative estimate of drug-likeness (QED) is 0.526. The van der Waals surface area contributed by atoms with Gasteiger partial charge in [0.25, 0.3) is 0 Å². The van der Waals surface area contributed by atoms with Crippen molar-refractivity contribution in [1.29, 1.82) is 0 Å². The summed E-state index contributed by atoms with van der Waals surface area (Å²) in [7, 11) is -3.86. The molecule has 2 aromatic heterocycles. The lowest BCUT2D eigenvalue weighted by Crippen LogP contribution is -2.04. The highest BCUT2D eigenvalue weighted by molar-refractivity contribution is 7.91. The van der Waals surface area contributed by atoms with Gasteiger partial charge in [0.2, 0.25) is 9.84 Å². The van der Waals surface area contributed by atoms with Crippen LogP contribution in [0.3, 0.4) is 0 Å². The summed E-state index contributed by atoms with van der Waals surface area (Å²) in [4.78, 5) is 30.1. The van der Waals surface area contributed by atoms with Gasteiger partial charge in [-0.25, -0.2) is 28.0 Å². The van der Waals surface area contributed by atoms with E-state index < -0.39 is 21.8 Å². The molecule has 0 radical (unpaired) electrons. The van der Waals surface area contributed by atoms with Gasteiger partial charge in [-0.3, -0.25) is 0 Å². The van der Waals surface area contributed by atoms with Gasteiger partial charge < -0.3 is 10.2 Å². The largest absolute Gasteiger partial charge is 0.477 e. The van der Waals surface area contributed by atoms with E-state index in [9.17, 15) is 18.0 Å². The van der Waals surface area contributed by atoms with E-state index in [2.05, 4.69) is 9.97 Å². The van der Waals surface area contributed by atoms with Crippen LogP contribution in [0.25, 0.3) is 21.8 Å². The SMILES string of the molecule is O=C(O)c1ccc2cc(S(=O)(=O)c3ccc4nc(C(=O)O)ccc4c3)ccc2n1. The van der Waals surface area contributed by atoms with Crippen LogP contribution in [0.15, 0.2) is 70.5 Å². The van der Waals surface area contributed by atoms with Gasteiger partial charge in [0.1, 0.15) is 11.4 Å². The fraction of sp³-hybridized carbons (Fsp3) is 0. The van der Waals surface area contributed by atoms with Crippen molar-refractivity contribution >= 4 is 43.6 Å². The van der Waals surface area contributed by atoms with E-state index in [4.69, 9.17) is 10.2 Å². The van der Waals surface area contributed by atoms with E-state index in [0.29, 0.717) is 21.8 Å². The Kier molecular flexibility index (Phi) is 4.24. The van der Waals surface area contributed by atoms with E-state index >= 15 is 0 Å². The molecule has 4 aromatic rings. The molecule has 0 amide bonds. The minimum atomic E-state index is -3.86. The van der Waals surface area contributed by atoms with Gasteiger partial charge in [-0.1, -0.05) is 12.1 Å². The average molecular weight is 408 g/mol. The molecule has 8 nitrogen and oxygen atoms in total. The lowest BCUT2D eigenvalue weighted by atomic mass is 10.2. The number of hydrogen-bond donors (Lipinski definition) is 2. The van der Waals surface area contributed by atoms with Crippen LogP contribution in [-0.4, -0.2) is 40.5 Å². The van der Waals surface area contributed by atoms with E-state index in [1.165, 1.54) is 60.7 Å². The fourth-order valence-corrected chi connectivity index (χ4v) is 4.25. The van der Waals surface area contributed by atoms with Gasteiger partial charge in [0.15, 0.2) is 0 Å². The predicted octanol–water partition coefficient (Wildman–Crippen LogP) is 3.01. The Hall–Kier alpha value is -3.85. The molecule has 144 valence electrons. The van der Waals surface area contributed by atoms with Crippen molar-refractivity contribution in [3.05, 3.63) is 72.1 Å². The molecule has 0 spiro atoms.